The van der Waals surface area contributed by atoms with Crippen molar-refractivity contribution < 1.29 is 9.53 Å². The summed E-state index contributed by atoms with van der Waals surface area (Å²) in [4.78, 5) is 14.6. The quantitative estimate of drug-likeness (QED) is 0.868. The van der Waals surface area contributed by atoms with Crippen LogP contribution < -0.4 is 16.0 Å². The van der Waals surface area contributed by atoms with E-state index >= 15 is 0 Å². The number of ether oxygens (including phenoxy) is 1. The van der Waals surface area contributed by atoms with E-state index in [2.05, 4.69) is 10.2 Å². The van der Waals surface area contributed by atoms with Crippen molar-refractivity contribution in [3.8, 4) is 0 Å². The van der Waals surface area contributed by atoms with Crippen molar-refractivity contribution >= 4 is 27.9 Å². The van der Waals surface area contributed by atoms with E-state index in [1.54, 1.807) is 0 Å². The van der Waals surface area contributed by atoms with Crippen LogP contribution in [0.5, 0.6) is 0 Å². The van der Waals surface area contributed by atoms with E-state index in [-0.39, 0.29) is 5.91 Å². The molecule has 0 aliphatic carbocycles. The van der Waals surface area contributed by atoms with E-state index in [4.69, 9.17) is 10.5 Å². The predicted molar refractivity (Wildman–Crippen MR) is 74.4 cm³/mol. The Morgan fingerprint density at radius 2 is 2.39 bits per heavy atom. The zero-order chi connectivity index (χ0) is 13.0. The summed E-state index contributed by atoms with van der Waals surface area (Å²) in [6.07, 6.45) is 1.01. The molecule has 1 aliphatic heterocycles. The lowest BCUT2D eigenvalue weighted by Gasteiger charge is -2.19. The average molecular weight is 269 g/mol. The predicted octanol–water partition coefficient (Wildman–Crippen LogP) is 1.31. The number of hydrogen-bond acceptors (Lipinski definition) is 5. The van der Waals surface area contributed by atoms with Gasteiger partial charge in [0.25, 0.3) is 5.91 Å². The summed E-state index contributed by atoms with van der Waals surface area (Å²) < 4.78 is 5.42. The molecule has 1 aromatic heterocycles. The van der Waals surface area contributed by atoms with Crippen molar-refractivity contribution in [3.63, 3.8) is 0 Å². The van der Waals surface area contributed by atoms with Crippen LogP contribution in [0.4, 0.5) is 10.7 Å². The Balaban J connectivity index is 2.14. The van der Waals surface area contributed by atoms with Gasteiger partial charge < -0.3 is 20.7 Å². The van der Waals surface area contributed by atoms with Crippen molar-refractivity contribution in [2.75, 3.05) is 43.5 Å². The van der Waals surface area contributed by atoms with Crippen LogP contribution in [0.25, 0.3) is 0 Å². The van der Waals surface area contributed by atoms with Crippen LogP contribution >= 0.6 is 11.3 Å². The van der Waals surface area contributed by atoms with E-state index in [9.17, 15) is 4.79 Å². The number of nitrogens with one attached hydrogen (secondary N) is 1. The summed E-state index contributed by atoms with van der Waals surface area (Å²) in [7, 11) is 0. The topological polar surface area (TPSA) is 67.6 Å². The highest BCUT2D eigenvalue weighted by Crippen LogP contribution is 2.32. The molecule has 0 atom stereocenters. The van der Waals surface area contributed by atoms with E-state index in [1.807, 2.05) is 13.0 Å². The highest BCUT2D eigenvalue weighted by molar-refractivity contribution is 7.18. The van der Waals surface area contributed by atoms with Crippen molar-refractivity contribution in [2.24, 2.45) is 0 Å². The Kier molecular flexibility index (Phi) is 4.43. The molecule has 3 N–H and O–H groups in total. The molecule has 18 heavy (non-hydrogen) atoms. The minimum Gasteiger partial charge on any atom is -0.397 e. The molecule has 0 unspecified atom stereocenters. The summed E-state index contributed by atoms with van der Waals surface area (Å²) >= 11 is 1.46. The van der Waals surface area contributed by atoms with Crippen molar-refractivity contribution in [3.05, 3.63) is 10.9 Å². The molecule has 2 rings (SSSR count). The van der Waals surface area contributed by atoms with Crippen LogP contribution in [-0.2, 0) is 4.74 Å². The minimum absolute atomic E-state index is 0.0858. The van der Waals surface area contributed by atoms with Gasteiger partial charge in [0.15, 0.2) is 0 Å². The third kappa shape index (κ3) is 2.94. The van der Waals surface area contributed by atoms with Crippen LogP contribution in [0.1, 0.15) is 23.0 Å². The second kappa shape index (κ2) is 6.06. The number of rotatable bonds is 3. The maximum atomic E-state index is 11.8. The van der Waals surface area contributed by atoms with Gasteiger partial charge in [0, 0.05) is 26.2 Å². The second-order valence-corrected chi connectivity index (χ2v) is 5.21. The average Bonchev–Trinajstić information content (AvgIpc) is 2.58. The van der Waals surface area contributed by atoms with Crippen LogP contribution in [-0.4, -0.2) is 38.8 Å². The van der Waals surface area contributed by atoms with Gasteiger partial charge in [-0.25, -0.2) is 0 Å². The molecule has 0 radical (unpaired) electrons. The standard InChI is InChI=1S/C12H19N3O2S/c1-2-14-12(16)11-9(13)8-10(18-11)15-4-3-6-17-7-5-15/h8H,2-7,13H2,1H3,(H,14,16). The normalized spacial score (nSPS) is 16.4. The van der Waals surface area contributed by atoms with E-state index in [1.165, 1.54) is 11.3 Å². The van der Waals surface area contributed by atoms with Crippen LogP contribution in [0.3, 0.4) is 0 Å². The molecule has 100 valence electrons. The Morgan fingerprint density at radius 3 is 3.17 bits per heavy atom. The molecular weight excluding hydrogens is 250 g/mol. The third-order valence-corrected chi connectivity index (χ3v) is 4.04. The lowest BCUT2D eigenvalue weighted by molar-refractivity contribution is 0.0960. The van der Waals surface area contributed by atoms with Gasteiger partial charge in [-0.2, -0.15) is 0 Å². The maximum Gasteiger partial charge on any atom is 0.263 e. The number of carbonyl (C=O) groups is 1. The molecule has 5 nitrogen and oxygen atoms in total. The van der Waals surface area contributed by atoms with Crippen molar-refractivity contribution in [2.45, 2.75) is 13.3 Å². The Morgan fingerprint density at radius 1 is 1.56 bits per heavy atom. The summed E-state index contributed by atoms with van der Waals surface area (Å²) in [5, 5.41) is 3.83. The SMILES string of the molecule is CCNC(=O)c1sc(N2CCCOCC2)cc1N. The molecule has 0 spiro atoms. The molecule has 1 saturated heterocycles. The highest BCUT2D eigenvalue weighted by Gasteiger charge is 2.18. The molecule has 1 aromatic rings. The van der Waals surface area contributed by atoms with E-state index in [0.29, 0.717) is 17.1 Å². The molecular formula is C12H19N3O2S. The molecule has 0 bridgehead atoms. The fraction of sp³-hybridized carbons (Fsp3) is 0.583. The van der Waals surface area contributed by atoms with Gasteiger partial charge in [-0.3, -0.25) is 4.79 Å². The first kappa shape index (κ1) is 13.2. The van der Waals surface area contributed by atoms with E-state index < -0.39 is 0 Å². The number of anilines is 2. The zero-order valence-corrected chi connectivity index (χ0v) is 11.4. The van der Waals surface area contributed by atoms with Gasteiger partial charge in [0.1, 0.15) is 4.88 Å². The number of amides is 1. The number of nitrogens with zero attached hydrogens (tertiary/aromatic N) is 1. The van der Waals surface area contributed by atoms with Crippen LogP contribution in [0.15, 0.2) is 6.07 Å². The zero-order valence-electron chi connectivity index (χ0n) is 10.6. The summed E-state index contributed by atoms with van der Waals surface area (Å²) in [6.45, 7) is 5.86. The van der Waals surface area contributed by atoms with Crippen molar-refractivity contribution in [1.29, 1.82) is 0 Å². The highest BCUT2D eigenvalue weighted by atomic mass is 32.1. The molecule has 1 aliphatic rings. The van der Waals surface area contributed by atoms with Gasteiger partial charge in [0.2, 0.25) is 0 Å². The number of hydrogen-bond donors (Lipinski definition) is 2. The Bertz CT molecular complexity index is 411. The first-order chi connectivity index (χ1) is 8.72. The van der Waals surface area contributed by atoms with Gasteiger partial charge >= 0.3 is 0 Å². The number of nitrogen functional groups attached to an aromatic ring is 1. The lowest BCUT2D eigenvalue weighted by Crippen LogP contribution is -2.24. The molecule has 2 heterocycles. The first-order valence-electron chi connectivity index (χ1n) is 6.22. The van der Waals surface area contributed by atoms with Gasteiger partial charge in [-0.1, -0.05) is 0 Å². The Labute approximate surface area is 111 Å². The van der Waals surface area contributed by atoms with Crippen molar-refractivity contribution in [1.82, 2.24) is 5.32 Å². The van der Waals surface area contributed by atoms with Crippen LogP contribution in [0, 0.1) is 0 Å². The first-order valence-corrected chi connectivity index (χ1v) is 7.04. The fourth-order valence-electron chi connectivity index (χ4n) is 1.93. The minimum atomic E-state index is -0.0858. The monoisotopic (exact) mass is 269 g/mol. The van der Waals surface area contributed by atoms with Crippen LogP contribution in [0.2, 0.25) is 0 Å². The molecule has 0 saturated carbocycles. The molecule has 0 aromatic carbocycles. The third-order valence-electron chi connectivity index (χ3n) is 2.83. The largest absolute Gasteiger partial charge is 0.397 e. The lowest BCUT2D eigenvalue weighted by atomic mass is 10.3. The smallest absolute Gasteiger partial charge is 0.263 e. The fourth-order valence-corrected chi connectivity index (χ4v) is 2.98. The molecule has 1 fully saturated rings. The summed E-state index contributed by atoms with van der Waals surface area (Å²) in [6, 6.07) is 1.89. The Hall–Kier alpha value is -1.27. The summed E-state index contributed by atoms with van der Waals surface area (Å²) in [5.74, 6) is -0.0858. The molecule has 1 amide bonds. The number of thiophene rings is 1. The molecule has 6 heteroatoms. The summed E-state index contributed by atoms with van der Waals surface area (Å²) in [5.41, 5.74) is 6.47. The second-order valence-electron chi connectivity index (χ2n) is 4.18. The van der Waals surface area contributed by atoms with E-state index in [0.717, 1.165) is 37.7 Å². The van der Waals surface area contributed by atoms with Gasteiger partial charge in [-0.05, 0) is 19.4 Å². The maximum absolute atomic E-state index is 11.8. The number of nitrogens with two attached hydrogens (primary N) is 1. The van der Waals surface area contributed by atoms with Gasteiger partial charge in [-0.15, -0.1) is 11.3 Å². The number of carbonyl (C=O) groups excluding carboxylic acids is 1. The van der Waals surface area contributed by atoms with Gasteiger partial charge in [0.05, 0.1) is 17.3 Å².